The number of aromatic nitrogens is 1. The number of carbonyl (C=O) groups is 1. The quantitative estimate of drug-likeness (QED) is 0.876. The van der Waals surface area contributed by atoms with Crippen LogP contribution in [0.25, 0.3) is 0 Å². The Morgan fingerprint density at radius 2 is 2.05 bits per heavy atom. The van der Waals surface area contributed by atoms with Crippen molar-refractivity contribution in [2.45, 2.75) is 25.8 Å². The highest BCUT2D eigenvalue weighted by atomic mass is 16.2. The molecule has 20 heavy (non-hydrogen) atoms. The molecule has 1 aromatic heterocycles. The summed E-state index contributed by atoms with van der Waals surface area (Å²) in [5, 5.41) is 2.95. The van der Waals surface area contributed by atoms with Crippen LogP contribution in [-0.4, -0.2) is 10.9 Å². The van der Waals surface area contributed by atoms with E-state index in [1.54, 1.807) is 19.1 Å². The van der Waals surface area contributed by atoms with Crippen LogP contribution in [-0.2, 0) is 6.42 Å². The van der Waals surface area contributed by atoms with Gasteiger partial charge in [-0.05, 0) is 43.0 Å². The average molecular weight is 268 g/mol. The van der Waals surface area contributed by atoms with Crippen LogP contribution < -0.4 is 10.9 Å². The molecule has 0 aliphatic heterocycles. The minimum atomic E-state index is -0.339. The van der Waals surface area contributed by atoms with Gasteiger partial charge in [0, 0.05) is 5.69 Å². The molecule has 1 aliphatic carbocycles. The van der Waals surface area contributed by atoms with E-state index in [0.717, 1.165) is 24.1 Å². The molecule has 0 saturated carbocycles. The first-order valence-corrected chi connectivity index (χ1v) is 6.74. The largest absolute Gasteiger partial charge is 0.345 e. The summed E-state index contributed by atoms with van der Waals surface area (Å²) >= 11 is 0. The Labute approximate surface area is 116 Å². The zero-order valence-electron chi connectivity index (χ0n) is 11.3. The number of fused-ring (bicyclic) bond motifs is 1. The minimum Gasteiger partial charge on any atom is -0.345 e. The number of carbonyl (C=O) groups excluding carboxylic acids is 1. The topological polar surface area (TPSA) is 62.0 Å². The zero-order valence-corrected chi connectivity index (χ0v) is 11.3. The van der Waals surface area contributed by atoms with Gasteiger partial charge in [0.25, 0.3) is 11.5 Å². The standard InChI is InChI=1S/C16H16N2O2/c1-10-6-8-13(15(19)17-10)16(20)18-14-9-7-11-4-2-3-5-12(11)14/h2-6,8,14H,7,9H2,1H3,(H,17,19)(H,18,20). The molecule has 0 radical (unpaired) electrons. The van der Waals surface area contributed by atoms with Crippen LogP contribution in [0.5, 0.6) is 0 Å². The Hall–Kier alpha value is -2.36. The van der Waals surface area contributed by atoms with Gasteiger partial charge in [0.15, 0.2) is 0 Å². The fourth-order valence-corrected chi connectivity index (χ4v) is 2.69. The van der Waals surface area contributed by atoms with Crippen LogP contribution in [0.2, 0.25) is 0 Å². The summed E-state index contributed by atoms with van der Waals surface area (Å²) in [6.07, 6.45) is 1.85. The zero-order chi connectivity index (χ0) is 14.1. The van der Waals surface area contributed by atoms with E-state index in [1.165, 1.54) is 5.56 Å². The molecule has 1 heterocycles. The third kappa shape index (κ3) is 2.25. The van der Waals surface area contributed by atoms with Crippen LogP contribution in [0.3, 0.4) is 0 Å². The summed E-state index contributed by atoms with van der Waals surface area (Å²) in [5.74, 6) is -0.312. The van der Waals surface area contributed by atoms with Gasteiger partial charge < -0.3 is 10.3 Å². The molecule has 1 aromatic carbocycles. The number of hydrogen-bond donors (Lipinski definition) is 2. The lowest BCUT2D eigenvalue weighted by atomic mass is 10.1. The van der Waals surface area contributed by atoms with Crippen molar-refractivity contribution in [3.8, 4) is 0 Å². The van der Waals surface area contributed by atoms with Gasteiger partial charge in [-0.25, -0.2) is 0 Å². The maximum atomic E-state index is 12.2. The van der Waals surface area contributed by atoms with E-state index < -0.39 is 0 Å². The van der Waals surface area contributed by atoms with Crippen molar-refractivity contribution >= 4 is 5.91 Å². The van der Waals surface area contributed by atoms with Crippen LogP contribution in [0.1, 0.15) is 39.6 Å². The van der Waals surface area contributed by atoms with E-state index in [4.69, 9.17) is 0 Å². The van der Waals surface area contributed by atoms with E-state index in [2.05, 4.69) is 16.4 Å². The van der Waals surface area contributed by atoms with Crippen molar-refractivity contribution < 1.29 is 4.79 Å². The molecule has 4 nitrogen and oxygen atoms in total. The molecule has 102 valence electrons. The molecule has 1 unspecified atom stereocenters. The number of aryl methyl sites for hydroxylation is 2. The Bertz CT molecular complexity index is 718. The molecular weight excluding hydrogens is 252 g/mol. The van der Waals surface area contributed by atoms with E-state index in [1.807, 2.05) is 18.2 Å². The highest BCUT2D eigenvalue weighted by molar-refractivity contribution is 5.94. The van der Waals surface area contributed by atoms with Crippen LogP contribution in [0.4, 0.5) is 0 Å². The normalized spacial score (nSPS) is 16.8. The number of H-pyrrole nitrogens is 1. The first-order chi connectivity index (χ1) is 9.65. The first-order valence-electron chi connectivity index (χ1n) is 6.74. The Kier molecular flexibility index (Phi) is 3.14. The molecule has 0 bridgehead atoms. The second kappa shape index (κ2) is 4.96. The lowest BCUT2D eigenvalue weighted by Crippen LogP contribution is -2.32. The Morgan fingerprint density at radius 1 is 1.25 bits per heavy atom. The molecule has 2 N–H and O–H groups in total. The molecule has 4 heteroatoms. The summed E-state index contributed by atoms with van der Waals surface area (Å²) in [7, 11) is 0. The molecular formula is C16H16N2O2. The Morgan fingerprint density at radius 3 is 2.85 bits per heavy atom. The number of amides is 1. The molecule has 3 rings (SSSR count). The number of nitrogens with one attached hydrogen (secondary N) is 2. The van der Waals surface area contributed by atoms with E-state index in [-0.39, 0.29) is 23.1 Å². The molecule has 0 fully saturated rings. The van der Waals surface area contributed by atoms with Gasteiger partial charge in [-0.2, -0.15) is 0 Å². The number of benzene rings is 1. The lowest BCUT2D eigenvalue weighted by Gasteiger charge is -2.13. The maximum absolute atomic E-state index is 12.2. The van der Waals surface area contributed by atoms with Gasteiger partial charge in [0.1, 0.15) is 5.56 Å². The van der Waals surface area contributed by atoms with Crippen molar-refractivity contribution in [2.75, 3.05) is 0 Å². The summed E-state index contributed by atoms with van der Waals surface area (Å²) in [5.41, 5.74) is 3.01. The molecule has 0 spiro atoms. The van der Waals surface area contributed by atoms with E-state index in [0.29, 0.717) is 0 Å². The predicted molar refractivity (Wildman–Crippen MR) is 76.8 cm³/mol. The highest BCUT2D eigenvalue weighted by Crippen LogP contribution is 2.30. The van der Waals surface area contributed by atoms with Crippen molar-refractivity contribution in [1.29, 1.82) is 0 Å². The number of pyridine rings is 1. The molecule has 1 atom stereocenters. The van der Waals surface area contributed by atoms with E-state index in [9.17, 15) is 9.59 Å². The van der Waals surface area contributed by atoms with E-state index >= 15 is 0 Å². The monoisotopic (exact) mass is 268 g/mol. The van der Waals surface area contributed by atoms with Crippen LogP contribution >= 0.6 is 0 Å². The van der Waals surface area contributed by atoms with Gasteiger partial charge in [-0.3, -0.25) is 9.59 Å². The highest BCUT2D eigenvalue weighted by Gasteiger charge is 2.24. The van der Waals surface area contributed by atoms with Crippen molar-refractivity contribution in [3.05, 3.63) is 69.1 Å². The fourth-order valence-electron chi connectivity index (χ4n) is 2.69. The number of aromatic amines is 1. The van der Waals surface area contributed by atoms with Gasteiger partial charge in [-0.15, -0.1) is 0 Å². The molecule has 1 amide bonds. The number of hydrogen-bond acceptors (Lipinski definition) is 2. The smallest absolute Gasteiger partial charge is 0.260 e. The average Bonchev–Trinajstić information content (AvgIpc) is 2.82. The van der Waals surface area contributed by atoms with Crippen molar-refractivity contribution in [3.63, 3.8) is 0 Å². The third-order valence-corrected chi connectivity index (χ3v) is 3.74. The van der Waals surface area contributed by atoms with Gasteiger partial charge in [0.05, 0.1) is 6.04 Å². The van der Waals surface area contributed by atoms with Crippen LogP contribution in [0, 0.1) is 6.92 Å². The summed E-state index contributed by atoms with van der Waals surface area (Å²) < 4.78 is 0. The number of rotatable bonds is 2. The maximum Gasteiger partial charge on any atom is 0.260 e. The van der Waals surface area contributed by atoms with Crippen molar-refractivity contribution in [1.82, 2.24) is 10.3 Å². The summed E-state index contributed by atoms with van der Waals surface area (Å²) in [6.45, 7) is 1.79. The van der Waals surface area contributed by atoms with Gasteiger partial charge >= 0.3 is 0 Å². The minimum absolute atomic E-state index is 0.000553. The van der Waals surface area contributed by atoms with Crippen molar-refractivity contribution in [2.24, 2.45) is 0 Å². The van der Waals surface area contributed by atoms with Gasteiger partial charge in [0.2, 0.25) is 0 Å². The second-order valence-corrected chi connectivity index (χ2v) is 5.15. The third-order valence-electron chi connectivity index (χ3n) is 3.74. The molecule has 1 aliphatic rings. The SMILES string of the molecule is Cc1ccc(C(=O)NC2CCc3ccccc32)c(=O)[nH]1. The lowest BCUT2D eigenvalue weighted by molar-refractivity contribution is 0.0935. The summed E-state index contributed by atoms with van der Waals surface area (Å²) in [6, 6.07) is 11.4. The predicted octanol–water partition coefficient (Wildman–Crippen LogP) is 2.10. The molecule has 2 aromatic rings. The Balaban J connectivity index is 1.82. The fraction of sp³-hybridized carbons (Fsp3) is 0.250. The van der Waals surface area contributed by atoms with Gasteiger partial charge in [-0.1, -0.05) is 24.3 Å². The van der Waals surface area contributed by atoms with Crippen LogP contribution in [0.15, 0.2) is 41.2 Å². The second-order valence-electron chi connectivity index (χ2n) is 5.15. The first kappa shape index (κ1) is 12.7. The summed E-state index contributed by atoms with van der Waals surface area (Å²) in [4.78, 5) is 26.6. The molecule has 0 saturated heterocycles.